The second-order valence-corrected chi connectivity index (χ2v) is 13.8. The van der Waals surface area contributed by atoms with Crippen molar-refractivity contribution < 1.29 is 36.0 Å². The third-order valence-corrected chi connectivity index (χ3v) is 10.5. The van der Waals surface area contributed by atoms with Gasteiger partial charge in [0.15, 0.2) is 11.5 Å². The van der Waals surface area contributed by atoms with E-state index >= 15 is 0 Å². The van der Waals surface area contributed by atoms with E-state index in [1.54, 1.807) is 32.0 Å². The lowest BCUT2D eigenvalue weighted by Gasteiger charge is -2.38. The van der Waals surface area contributed by atoms with E-state index in [0.717, 1.165) is 4.31 Å². The molecule has 4 rings (SSSR count). The number of aliphatic hydroxyl groups excluding tert-OH is 1. The third kappa shape index (κ3) is 6.10. The van der Waals surface area contributed by atoms with Gasteiger partial charge in [-0.05, 0) is 45.0 Å². The molecule has 1 aliphatic heterocycles. The summed E-state index contributed by atoms with van der Waals surface area (Å²) in [6.45, 7) is 6.25. The highest BCUT2D eigenvalue weighted by molar-refractivity contribution is 7.92. The molecule has 3 atom stereocenters. The first-order valence-electron chi connectivity index (χ1n) is 13.0. The van der Waals surface area contributed by atoms with E-state index in [4.69, 9.17) is 9.26 Å². The Morgan fingerprint density at radius 2 is 1.80 bits per heavy atom. The van der Waals surface area contributed by atoms with Crippen LogP contribution in [0, 0.1) is 19.8 Å². The molecule has 0 fully saturated rings. The van der Waals surface area contributed by atoms with E-state index in [2.05, 4.69) is 9.88 Å². The molecule has 12 nitrogen and oxygen atoms in total. The lowest BCUT2D eigenvalue weighted by Crippen LogP contribution is -2.50. The highest BCUT2D eigenvalue weighted by atomic mass is 32.2. The van der Waals surface area contributed by atoms with Gasteiger partial charge in [0.25, 0.3) is 15.9 Å². The molecule has 1 aliphatic rings. The number of aliphatic hydroxyl groups is 1. The Hall–Kier alpha value is -3.46. The van der Waals surface area contributed by atoms with Crippen molar-refractivity contribution in [2.45, 2.75) is 49.6 Å². The Kier molecular flexibility index (Phi) is 8.78. The fourth-order valence-electron chi connectivity index (χ4n) is 4.70. The highest BCUT2D eigenvalue weighted by Gasteiger charge is 2.37. The van der Waals surface area contributed by atoms with Gasteiger partial charge in [-0.15, -0.1) is 0 Å². The van der Waals surface area contributed by atoms with Crippen LogP contribution in [0.4, 0.5) is 5.69 Å². The van der Waals surface area contributed by atoms with Crippen LogP contribution >= 0.6 is 0 Å². The SMILES string of the molecule is Cc1noc(C)c1S(=O)(=O)N(C)C[C@@H]1Oc2c(NS(=O)(=O)c3ccccc3)cccc2C(=O)N([C@H](C)CO)C[C@@H]1C. The van der Waals surface area contributed by atoms with Gasteiger partial charge in [-0.3, -0.25) is 9.52 Å². The molecule has 1 aromatic heterocycles. The molecule has 2 heterocycles. The smallest absolute Gasteiger partial charge is 0.262 e. The number of carbonyl (C=O) groups excluding carboxylic acids is 1. The van der Waals surface area contributed by atoms with Crippen molar-refractivity contribution in [3.8, 4) is 5.75 Å². The summed E-state index contributed by atoms with van der Waals surface area (Å²) in [5, 5.41) is 13.6. The zero-order chi connectivity index (χ0) is 30.1. The van der Waals surface area contributed by atoms with Crippen LogP contribution in [-0.4, -0.2) is 81.1 Å². The summed E-state index contributed by atoms with van der Waals surface area (Å²) in [4.78, 5) is 15.1. The summed E-state index contributed by atoms with van der Waals surface area (Å²) < 4.78 is 68.4. The minimum atomic E-state index is -4.05. The van der Waals surface area contributed by atoms with Gasteiger partial charge in [-0.2, -0.15) is 4.31 Å². The predicted octanol–water partition coefficient (Wildman–Crippen LogP) is 2.63. The number of anilines is 1. The first-order valence-corrected chi connectivity index (χ1v) is 15.9. The van der Waals surface area contributed by atoms with Gasteiger partial charge in [0.1, 0.15) is 16.7 Å². The van der Waals surface area contributed by atoms with Gasteiger partial charge in [0.2, 0.25) is 10.0 Å². The van der Waals surface area contributed by atoms with Crippen molar-refractivity contribution in [3.63, 3.8) is 0 Å². The summed E-state index contributed by atoms with van der Waals surface area (Å²) in [6, 6.07) is 11.7. The number of hydrogen-bond donors (Lipinski definition) is 2. The molecule has 3 aromatic rings. The molecular formula is C27H34N4O8S2. The van der Waals surface area contributed by atoms with Gasteiger partial charge in [-0.1, -0.05) is 36.3 Å². The summed E-state index contributed by atoms with van der Waals surface area (Å²) in [5.41, 5.74) is 0.316. The first kappa shape index (κ1) is 30.5. The van der Waals surface area contributed by atoms with E-state index in [1.165, 1.54) is 56.1 Å². The molecule has 0 aliphatic carbocycles. The van der Waals surface area contributed by atoms with Crippen LogP contribution in [0.3, 0.4) is 0 Å². The summed E-state index contributed by atoms with van der Waals surface area (Å²) in [5.74, 6) is -0.768. The Morgan fingerprint density at radius 1 is 1.12 bits per heavy atom. The minimum absolute atomic E-state index is 0.0144. The molecule has 2 N–H and O–H groups in total. The number of aryl methyl sites for hydroxylation is 2. The van der Waals surface area contributed by atoms with Crippen molar-refractivity contribution in [2.75, 3.05) is 31.5 Å². The Labute approximate surface area is 240 Å². The van der Waals surface area contributed by atoms with Crippen LogP contribution in [0.5, 0.6) is 5.75 Å². The molecule has 41 heavy (non-hydrogen) atoms. The van der Waals surface area contributed by atoms with E-state index in [-0.39, 0.29) is 57.9 Å². The number of aromatic nitrogens is 1. The zero-order valence-corrected chi connectivity index (χ0v) is 25.1. The van der Waals surface area contributed by atoms with Crippen LogP contribution in [0.1, 0.15) is 35.7 Å². The van der Waals surface area contributed by atoms with E-state index in [1.807, 2.05) is 0 Å². The van der Waals surface area contributed by atoms with Gasteiger partial charge in [0, 0.05) is 19.5 Å². The average molecular weight is 607 g/mol. The Balaban J connectivity index is 1.78. The third-order valence-electron chi connectivity index (χ3n) is 7.06. The second-order valence-electron chi connectivity index (χ2n) is 10.2. The fraction of sp³-hybridized carbons (Fsp3) is 0.407. The molecule has 0 radical (unpaired) electrons. The molecule has 1 amide bonds. The summed E-state index contributed by atoms with van der Waals surface area (Å²) in [6.07, 6.45) is -0.821. The molecule has 14 heteroatoms. The van der Waals surface area contributed by atoms with Crippen LogP contribution in [0.15, 0.2) is 62.8 Å². The number of para-hydroxylation sites is 1. The number of sulfonamides is 2. The van der Waals surface area contributed by atoms with Crippen LogP contribution < -0.4 is 9.46 Å². The Bertz CT molecular complexity index is 1600. The molecule has 0 bridgehead atoms. The van der Waals surface area contributed by atoms with E-state index in [9.17, 15) is 26.7 Å². The topological polar surface area (TPSA) is 159 Å². The number of likely N-dealkylation sites (N-methyl/N-ethyl adjacent to an activating group) is 1. The average Bonchev–Trinajstić information content (AvgIpc) is 3.29. The number of nitrogens with one attached hydrogen (secondary N) is 1. The van der Waals surface area contributed by atoms with Crippen molar-refractivity contribution in [3.05, 3.63) is 65.5 Å². The maximum absolute atomic E-state index is 13.7. The standard InChI is InChI=1S/C27H34N4O8S2/c1-17-14-31(18(2)16-32)27(33)22-12-9-13-23(29-40(34,35)21-10-7-6-8-11-21)25(22)38-24(17)15-30(5)41(36,37)26-19(3)28-39-20(26)4/h6-13,17-18,24,29,32H,14-16H2,1-5H3/t17-,18+,24-/m0/s1. The quantitative estimate of drug-likeness (QED) is 0.373. The second kappa shape index (κ2) is 11.8. The number of rotatable bonds is 9. The number of carbonyl (C=O) groups is 1. The number of nitrogens with zero attached hydrogens (tertiary/aromatic N) is 3. The highest BCUT2D eigenvalue weighted by Crippen LogP contribution is 2.36. The zero-order valence-electron chi connectivity index (χ0n) is 23.4. The molecule has 0 saturated carbocycles. The van der Waals surface area contributed by atoms with Gasteiger partial charge >= 0.3 is 0 Å². The normalized spacial score (nSPS) is 18.8. The minimum Gasteiger partial charge on any atom is -0.486 e. The van der Waals surface area contributed by atoms with Crippen LogP contribution in [-0.2, 0) is 20.0 Å². The van der Waals surface area contributed by atoms with Gasteiger partial charge in [0.05, 0.1) is 35.3 Å². The van der Waals surface area contributed by atoms with Crippen molar-refractivity contribution in [2.24, 2.45) is 5.92 Å². The van der Waals surface area contributed by atoms with Gasteiger partial charge < -0.3 is 19.3 Å². The maximum Gasteiger partial charge on any atom is 0.262 e. The first-order chi connectivity index (χ1) is 19.3. The van der Waals surface area contributed by atoms with Gasteiger partial charge in [-0.25, -0.2) is 16.8 Å². The van der Waals surface area contributed by atoms with E-state index < -0.39 is 44.0 Å². The van der Waals surface area contributed by atoms with Crippen molar-refractivity contribution in [1.29, 1.82) is 0 Å². The number of amides is 1. The molecule has 222 valence electrons. The van der Waals surface area contributed by atoms with Crippen LogP contribution in [0.25, 0.3) is 0 Å². The lowest BCUT2D eigenvalue weighted by atomic mass is 9.99. The molecule has 0 saturated heterocycles. The predicted molar refractivity (Wildman–Crippen MR) is 151 cm³/mol. The molecule has 2 aromatic carbocycles. The number of fused-ring (bicyclic) bond motifs is 1. The van der Waals surface area contributed by atoms with E-state index in [0.29, 0.717) is 0 Å². The number of ether oxygens (including phenoxy) is 1. The molecule has 0 unspecified atom stereocenters. The number of benzene rings is 2. The summed E-state index contributed by atoms with van der Waals surface area (Å²) in [7, 11) is -6.69. The van der Waals surface area contributed by atoms with Crippen molar-refractivity contribution >= 4 is 31.6 Å². The lowest BCUT2D eigenvalue weighted by molar-refractivity contribution is 0.0389. The largest absolute Gasteiger partial charge is 0.486 e. The molecular weight excluding hydrogens is 572 g/mol. The van der Waals surface area contributed by atoms with Crippen LogP contribution in [0.2, 0.25) is 0 Å². The Morgan fingerprint density at radius 3 is 2.41 bits per heavy atom. The van der Waals surface area contributed by atoms with Crippen molar-refractivity contribution in [1.82, 2.24) is 14.4 Å². The summed E-state index contributed by atoms with van der Waals surface area (Å²) >= 11 is 0. The maximum atomic E-state index is 13.7. The molecule has 0 spiro atoms. The monoisotopic (exact) mass is 606 g/mol. The fourth-order valence-corrected chi connectivity index (χ4v) is 7.24. The number of hydrogen-bond acceptors (Lipinski definition) is 9.